The number of amides is 2. The van der Waals surface area contributed by atoms with Crippen LogP contribution >= 0.6 is 11.6 Å². The Morgan fingerprint density at radius 3 is 2.74 bits per heavy atom. The number of carbonyl (C=O) groups excluding carboxylic acids is 2. The van der Waals surface area contributed by atoms with E-state index in [1.165, 1.54) is 0 Å². The molecule has 1 saturated heterocycles. The topological polar surface area (TPSA) is 49.4 Å². The van der Waals surface area contributed by atoms with Crippen LogP contribution in [0.5, 0.6) is 0 Å². The molecule has 0 aromatic heterocycles. The molecule has 102 valence electrons. The molecule has 1 aliphatic heterocycles. The molecule has 5 heteroatoms. The number of rotatable bonds is 3. The summed E-state index contributed by atoms with van der Waals surface area (Å²) in [4.78, 5) is 25.5. The number of halogens is 1. The van der Waals surface area contributed by atoms with Crippen LogP contribution in [0, 0.1) is 5.92 Å². The Kier molecular flexibility index (Phi) is 4.10. The number of nitrogens with zero attached hydrogens (tertiary/aromatic N) is 1. The maximum Gasteiger partial charge on any atom is 0.227 e. The van der Waals surface area contributed by atoms with Gasteiger partial charge in [-0.2, -0.15) is 0 Å². The molecular formula is C14H17ClN2O2. The Morgan fingerprint density at radius 2 is 2.11 bits per heavy atom. The molecule has 1 heterocycles. The maximum atomic E-state index is 12.0. The first-order valence-electron chi connectivity index (χ1n) is 6.34. The minimum absolute atomic E-state index is 0.0583. The quantitative estimate of drug-likeness (QED) is 0.923. The van der Waals surface area contributed by atoms with Crippen LogP contribution in [0.2, 0.25) is 5.02 Å². The number of benzene rings is 1. The van der Waals surface area contributed by atoms with Gasteiger partial charge in [0.25, 0.3) is 0 Å². The van der Waals surface area contributed by atoms with Gasteiger partial charge < -0.3 is 10.2 Å². The third-order valence-corrected chi connectivity index (χ3v) is 3.39. The minimum Gasteiger partial charge on any atom is -0.354 e. The third-order valence-electron chi connectivity index (χ3n) is 3.07. The van der Waals surface area contributed by atoms with Crippen LogP contribution in [0.15, 0.2) is 24.3 Å². The van der Waals surface area contributed by atoms with Crippen molar-refractivity contribution in [1.29, 1.82) is 0 Å². The lowest BCUT2D eigenvalue weighted by atomic mass is 10.1. The van der Waals surface area contributed by atoms with E-state index in [1.54, 1.807) is 17.0 Å². The molecule has 0 saturated carbocycles. The van der Waals surface area contributed by atoms with E-state index in [9.17, 15) is 9.59 Å². The number of nitrogens with one attached hydrogen (secondary N) is 1. The third kappa shape index (κ3) is 3.07. The lowest BCUT2D eigenvalue weighted by Gasteiger charge is -2.18. The molecule has 0 aliphatic carbocycles. The maximum absolute atomic E-state index is 12.0. The minimum atomic E-state index is -0.300. The van der Waals surface area contributed by atoms with E-state index in [2.05, 4.69) is 5.32 Å². The Morgan fingerprint density at radius 1 is 1.42 bits per heavy atom. The summed E-state index contributed by atoms with van der Waals surface area (Å²) in [5, 5.41) is 3.37. The highest BCUT2D eigenvalue weighted by Gasteiger charge is 2.35. The molecule has 1 aromatic carbocycles. The molecule has 1 N–H and O–H groups in total. The zero-order valence-electron chi connectivity index (χ0n) is 11.0. The largest absolute Gasteiger partial charge is 0.354 e. The zero-order chi connectivity index (χ0) is 14.0. The Labute approximate surface area is 117 Å². The van der Waals surface area contributed by atoms with E-state index in [0.717, 1.165) is 0 Å². The average Bonchev–Trinajstić information content (AvgIpc) is 2.71. The van der Waals surface area contributed by atoms with Gasteiger partial charge in [-0.3, -0.25) is 9.59 Å². The van der Waals surface area contributed by atoms with E-state index >= 15 is 0 Å². The normalized spacial score (nSPS) is 19.1. The summed E-state index contributed by atoms with van der Waals surface area (Å²) < 4.78 is 0. The van der Waals surface area contributed by atoms with Gasteiger partial charge in [-0.1, -0.05) is 23.7 Å². The first kappa shape index (κ1) is 13.9. The molecule has 2 rings (SSSR count). The highest BCUT2D eigenvalue weighted by atomic mass is 35.5. The van der Waals surface area contributed by atoms with E-state index in [1.807, 2.05) is 26.0 Å². The van der Waals surface area contributed by atoms with E-state index in [-0.39, 0.29) is 30.2 Å². The summed E-state index contributed by atoms with van der Waals surface area (Å²) in [6.45, 7) is 4.20. The van der Waals surface area contributed by atoms with Crippen molar-refractivity contribution in [3.05, 3.63) is 29.3 Å². The molecule has 0 bridgehead atoms. The van der Waals surface area contributed by atoms with Crippen molar-refractivity contribution in [2.45, 2.75) is 26.3 Å². The number of para-hydroxylation sites is 1. The van der Waals surface area contributed by atoms with Crippen LogP contribution in [0.25, 0.3) is 0 Å². The first-order chi connectivity index (χ1) is 8.99. The van der Waals surface area contributed by atoms with Gasteiger partial charge in [0.05, 0.1) is 16.6 Å². The highest BCUT2D eigenvalue weighted by Crippen LogP contribution is 2.30. The molecule has 0 radical (unpaired) electrons. The van der Waals surface area contributed by atoms with Gasteiger partial charge in [-0.15, -0.1) is 0 Å². The lowest BCUT2D eigenvalue weighted by molar-refractivity contribution is -0.126. The zero-order valence-corrected chi connectivity index (χ0v) is 11.8. The summed E-state index contributed by atoms with van der Waals surface area (Å²) in [6, 6.07) is 7.26. The number of hydrogen-bond donors (Lipinski definition) is 1. The van der Waals surface area contributed by atoms with Crippen molar-refractivity contribution >= 4 is 29.1 Å². The van der Waals surface area contributed by atoms with Crippen molar-refractivity contribution < 1.29 is 9.59 Å². The summed E-state index contributed by atoms with van der Waals surface area (Å²) in [5.74, 6) is -0.430. The van der Waals surface area contributed by atoms with E-state index in [0.29, 0.717) is 17.3 Å². The van der Waals surface area contributed by atoms with Crippen LogP contribution in [-0.4, -0.2) is 24.4 Å². The van der Waals surface area contributed by atoms with Crippen LogP contribution in [0.3, 0.4) is 0 Å². The fourth-order valence-corrected chi connectivity index (χ4v) is 2.43. The van der Waals surface area contributed by atoms with Crippen molar-refractivity contribution in [3.8, 4) is 0 Å². The van der Waals surface area contributed by atoms with E-state index in [4.69, 9.17) is 11.6 Å². The second kappa shape index (κ2) is 5.61. The molecule has 1 unspecified atom stereocenters. The summed E-state index contributed by atoms with van der Waals surface area (Å²) >= 11 is 6.09. The predicted molar refractivity (Wildman–Crippen MR) is 75.2 cm³/mol. The van der Waals surface area contributed by atoms with Gasteiger partial charge in [-0.05, 0) is 26.0 Å². The van der Waals surface area contributed by atoms with Crippen molar-refractivity contribution in [2.75, 3.05) is 11.4 Å². The van der Waals surface area contributed by atoms with Gasteiger partial charge in [0.15, 0.2) is 0 Å². The van der Waals surface area contributed by atoms with E-state index < -0.39 is 0 Å². The van der Waals surface area contributed by atoms with Crippen molar-refractivity contribution in [1.82, 2.24) is 5.32 Å². The predicted octanol–water partition coefficient (Wildman–Crippen LogP) is 2.22. The SMILES string of the molecule is CC(C)NC(=O)C1CC(=O)N(c2ccccc2Cl)C1. The summed E-state index contributed by atoms with van der Waals surface area (Å²) in [7, 11) is 0. The Bertz CT molecular complexity index is 502. The second-order valence-corrected chi connectivity index (χ2v) is 5.43. The smallest absolute Gasteiger partial charge is 0.227 e. The molecule has 4 nitrogen and oxygen atoms in total. The second-order valence-electron chi connectivity index (χ2n) is 5.02. The molecule has 19 heavy (non-hydrogen) atoms. The Hall–Kier alpha value is -1.55. The van der Waals surface area contributed by atoms with Crippen LogP contribution in [0.4, 0.5) is 5.69 Å². The number of carbonyl (C=O) groups is 2. The molecule has 1 fully saturated rings. The highest BCUT2D eigenvalue weighted by molar-refractivity contribution is 6.33. The standard InChI is InChI=1S/C14H17ClN2O2/c1-9(2)16-14(19)10-7-13(18)17(8-10)12-6-4-3-5-11(12)15/h3-6,9-10H,7-8H2,1-2H3,(H,16,19). The molecule has 2 amide bonds. The summed E-state index contributed by atoms with van der Waals surface area (Å²) in [6.07, 6.45) is 0.240. The molecule has 0 spiro atoms. The van der Waals surface area contributed by atoms with Gasteiger partial charge in [0.1, 0.15) is 0 Å². The average molecular weight is 281 g/mol. The Balaban J connectivity index is 2.12. The monoisotopic (exact) mass is 280 g/mol. The van der Waals surface area contributed by atoms with Crippen LogP contribution in [-0.2, 0) is 9.59 Å². The number of hydrogen-bond acceptors (Lipinski definition) is 2. The lowest BCUT2D eigenvalue weighted by Crippen LogP contribution is -2.37. The van der Waals surface area contributed by atoms with Gasteiger partial charge in [-0.25, -0.2) is 0 Å². The fraction of sp³-hybridized carbons (Fsp3) is 0.429. The molecule has 1 aromatic rings. The summed E-state index contributed by atoms with van der Waals surface area (Å²) in [5.41, 5.74) is 0.675. The van der Waals surface area contributed by atoms with Gasteiger partial charge >= 0.3 is 0 Å². The molecule has 1 aliphatic rings. The van der Waals surface area contributed by atoms with Crippen molar-refractivity contribution in [3.63, 3.8) is 0 Å². The van der Waals surface area contributed by atoms with Crippen molar-refractivity contribution in [2.24, 2.45) is 5.92 Å². The van der Waals surface area contributed by atoms with Gasteiger partial charge in [0, 0.05) is 19.0 Å². The fourth-order valence-electron chi connectivity index (χ4n) is 2.19. The van der Waals surface area contributed by atoms with Crippen LogP contribution in [0.1, 0.15) is 20.3 Å². The van der Waals surface area contributed by atoms with Crippen LogP contribution < -0.4 is 10.2 Å². The van der Waals surface area contributed by atoms with Gasteiger partial charge in [0.2, 0.25) is 11.8 Å². The first-order valence-corrected chi connectivity index (χ1v) is 6.72. The number of anilines is 1. The molecular weight excluding hydrogens is 264 g/mol. The molecule has 1 atom stereocenters.